The van der Waals surface area contributed by atoms with E-state index in [4.69, 9.17) is 0 Å². The Morgan fingerprint density at radius 1 is 1.00 bits per heavy atom. The lowest BCUT2D eigenvalue weighted by Gasteiger charge is -2.07. The van der Waals surface area contributed by atoms with Gasteiger partial charge in [0.05, 0.1) is 11.2 Å². The number of nitrogens with one attached hydrogen (secondary N) is 1. The van der Waals surface area contributed by atoms with Crippen LogP contribution in [0.2, 0.25) is 0 Å². The second-order valence-corrected chi connectivity index (χ2v) is 6.65. The molecule has 2 heterocycles. The van der Waals surface area contributed by atoms with Gasteiger partial charge in [-0.3, -0.25) is 9.36 Å². The van der Waals surface area contributed by atoms with Crippen molar-refractivity contribution in [3.05, 3.63) is 94.5 Å². The highest BCUT2D eigenvalue weighted by Crippen LogP contribution is 2.15. The molecular weight excluding hydrogens is 352 g/mol. The van der Waals surface area contributed by atoms with Crippen molar-refractivity contribution in [2.45, 2.75) is 20.0 Å². The van der Waals surface area contributed by atoms with Crippen molar-refractivity contribution in [2.75, 3.05) is 0 Å². The second kappa shape index (κ2) is 7.52. The first-order chi connectivity index (χ1) is 13.6. The molecule has 2 aromatic carbocycles. The Kier molecular flexibility index (Phi) is 4.76. The summed E-state index contributed by atoms with van der Waals surface area (Å²) < 4.78 is 2.99. The number of aromatic nitrogens is 3. The average Bonchev–Trinajstić information content (AvgIpc) is 3.00. The Morgan fingerprint density at radius 3 is 2.50 bits per heavy atom. The summed E-state index contributed by atoms with van der Waals surface area (Å²) in [5.41, 5.74) is 3.77. The predicted octanol–water partition coefficient (Wildman–Crippen LogP) is 2.81. The number of carbonyl (C=O) groups excluding carboxylic acids is 1. The fraction of sp³-hybridized carbons (Fsp3) is 0.136. The van der Waals surface area contributed by atoms with Crippen molar-refractivity contribution in [2.24, 2.45) is 0 Å². The minimum Gasteiger partial charge on any atom is -0.350 e. The number of imidazole rings is 1. The van der Waals surface area contributed by atoms with Gasteiger partial charge in [-0.05, 0) is 36.8 Å². The van der Waals surface area contributed by atoms with Gasteiger partial charge in [0.1, 0.15) is 6.54 Å². The molecule has 2 aromatic heterocycles. The molecule has 1 N–H and O–H groups in total. The molecule has 28 heavy (non-hydrogen) atoms. The smallest absolute Gasteiger partial charge is 0.335 e. The fourth-order valence-corrected chi connectivity index (χ4v) is 3.15. The monoisotopic (exact) mass is 372 g/mol. The molecule has 6 heteroatoms. The molecule has 4 aromatic rings. The van der Waals surface area contributed by atoms with E-state index in [0.29, 0.717) is 17.7 Å². The highest BCUT2D eigenvalue weighted by molar-refractivity contribution is 5.80. The zero-order chi connectivity index (χ0) is 19.5. The van der Waals surface area contributed by atoms with Crippen LogP contribution in [0.3, 0.4) is 0 Å². The third-order valence-electron chi connectivity index (χ3n) is 4.62. The van der Waals surface area contributed by atoms with Crippen LogP contribution in [0, 0.1) is 6.92 Å². The lowest BCUT2D eigenvalue weighted by atomic mass is 10.1. The summed E-state index contributed by atoms with van der Waals surface area (Å²) in [6.07, 6.45) is 1.64. The highest BCUT2D eigenvalue weighted by Gasteiger charge is 2.17. The van der Waals surface area contributed by atoms with Gasteiger partial charge in [-0.25, -0.2) is 14.3 Å². The molecular formula is C22H20N4O2. The summed E-state index contributed by atoms with van der Waals surface area (Å²) in [5, 5.41) is 2.88. The van der Waals surface area contributed by atoms with E-state index in [9.17, 15) is 9.59 Å². The molecule has 0 fully saturated rings. The molecule has 1 amide bonds. The fourth-order valence-electron chi connectivity index (χ4n) is 3.15. The number of amides is 1. The lowest BCUT2D eigenvalue weighted by molar-refractivity contribution is -0.121. The van der Waals surface area contributed by atoms with Crippen LogP contribution < -0.4 is 11.0 Å². The summed E-state index contributed by atoms with van der Waals surface area (Å²) in [6, 6.07) is 20.8. The molecule has 140 valence electrons. The molecule has 0 atom stereocenters. The van der Waals surface area contributed by atoms with Crippen molar-refractivity contribution in [1.82, 2.24) is 19.4 Å². The summed E-state index contributed by atoms with van der Waals surface area (Å²) in [6.45, 7) is 2.38. The van der Waals surface area contributed by atoms with Gasteiger partial charge in [0.25, 0.3) is 0 Å². The number of para-hydroxylation sites is 1. The summed E-state index contributed by atoms with van der Waals surface area (Å²) >= 11 is 0. The first-order valence-corrected chi connectivity index (χ1v) is 9.07. The lowest BCUT2D eigenvalue weighted by Crippen LogP contribution is -2.32. The second-order valence-electron chi connectivity index (χ2n) is 6.65. The molecule has 0 aliphatic carbocycles. The Balaban J connectivity index is 1.62. The Labute approximate surface area is 162 Å². The molecule has 4 rings (SSSR count). The number of aryl methyl sites for hydroxylation is 1. The average molecular weight is 372 g/mol. The maximum atomic E-state index is 13.0. The van der Waals surface area contributed by atoms with E-state index in [1.165, 1.54) is 14.7 Å². The SMILES string of the molecule is Cc1ccc(CNC(=O)Cn2c(=O)n(-c3ccccc3)c3ncccc32)cc1. The van der Waals surface area contributed by atoms with Crippen LogP contribution in [-0.4, -0.2) is 20.0 Å². The number of fused-ring (bicyclic) bond motifs is 1. The molecule has 0 spiro atoms. The van der Waals surface area contributed by atoms with E-state index in [2.05, 4.69) is 10.3 Å². The molecule has 0 bridgehead atoms. The number of nitrogens with zero attached hydrogens (tertiary/aromatic N) is 3. The van der Waals surface area contributed by atoms with Crippen molar-refractivity contribution < 1.29 is 4.79 Å². The molecule has 0 saturated carbocycles. The van der Waals surface area contributed by atoms with E-state index in [-0.39, 0.29) is 18.1 Å². The van der Waals surface area contributed by atoms with Gasteiger partial charge in [0, 0.05) is 12.7 Å². The zero-order valence-electron chi connectivity index (χ0n) is 15.5. The van der Waals surface area contributed by atoms with Crippen molar-refractivity contribution in [1.29, 1.82) is 0 Å². The number of hydrogen-bond donors (Lipinski definition) is 1. The molecule has 0 aliphatic heterocycles. The quantitative estimate of drug-likeness (QED) is 0.586. The number of benzene rings is 2. The Hall–Kier alpha value is -3.67. The maximum Gasteiger partial charge on any atom is 0.335 e. The molecule has 0 aliphatic rings. The maximum absolute atomic E-state index is 13.0. The third-order valence-corrected chi connectivity index (χ3v) is 4.62. The van der Waals surface area contributed by atoms with E-state index >= 15 is 0 Å². The van der Waals surface area contributed by atoms with Crippen LogP contribution in [0.4, 0.5) is 0 Å². The number of hydrogen-bond acceptors (Lipinski definition) is 3. The van der Waals surface area contributed by atoms with Gasteiger partial charge in [-0.2, -0.15) is 0 Å². The molecule has 0 radical (unpaired) electrons. The Morgan fingerprint density at radius 2 is 1.75 bits per heavy atom. The molecule has 6 nitrogen and oxygen atoms in total. The summed E-state index contributed by atoms with van der Waals surface area (Å²) in [4.78, 5) is 29.9. The molecule has 0 unspecified atom stereocenters. The first kappa shape index (κ1) is 17.7. The van der Waals surface area contributed by atoms with Crippen LogP contribution in [0.25, 0.3) is 16.9 Å². The first-order valence-electron chi connectivity index (χ1n) is 9.07. The van der Waals surface area contributed by atoms with Gasteiger partial charge in [-0.1, -0.05) is 48.0 Å². The summed E-state index contributed by atoms with van der Waals surface area (Å²) in [5.74, 6) is -0.223. The topological polar surface area (TPSA) is 68.9 Å². The van der Waals surface area contributed by atoms with E-state index in [0.717, 1.165) is 11.3 Å². The highest BCUT2D eigenvalue weighted by atomic mass is 16.2. The van der Waals surface area contributed by atoms with Crippen molar-refractivity contribution >= 4 is 17.1 Å². The van der Waals surface area contributed by atoms with Crippen molar-refractivity contribution in [3.63, 3.8) is 0 Å². The molecule has 0 saturated heterocycles. The Bertz CT molecular complexity index is 1170. The van der Waals surface area contributed by atoms with Crippen LogP contribution in [-0.2, 0) is 17.9 Å². The predicted molar refractivity (Wildman–Crippen MR) is 108 cm³/mol. The number of rotatable bonds is 5. The largest absolute Gasteiger partial charge is 0.350 e. The van der Waals surface area contributed by atoms with Crippen molar-refractivity contribution in [3.8, 4) is 5.69 Å². The van der Waals surface area contributed by atoms with Gasteiger partial charge in [-0.15, -0.1) is 0 Å². The zero-order valence-corrected chi connectivity index (χ0v) is 15.5. The van der Waals surface area contributed by atoms with Gasteiger partial charge < -0.3 is 5.32 Å². The van der Waals surface area contributed by atoms with E-state index < -0.39 is 0 Å². The normalized spacial score (nSPS) is 10.9. The van der Waals surface area contributed by atoms with Gasteiger partial charge >= 0.3 is 5.69 Å². The third kappa shape index (κ3) is 3.44. The van der Waals surface area contributed by atoms with Crippen LogP contribution in [0.5, 0.6) is 0 Å². The van der Waals surface area contributed by atoms with Gasteiger partial charge in [0.15, 0.2) is 5.65 Å². The van der Waals surface area contributed by atoms with Crippen LogP contribution in [0.1, 0.15) is 11.1 Å². The standard InChI is InChI=1S/C22H20N4O2/c1-16-9-11-17(12-10-16)14-24-20(27)15-25-19-8-5-13-23-21(19)26(22(25)28)18-6-3-2-4-7-18/h2-13H,14-15H2,1H3,(H,24,27). The van der Waals surface area contributed by atoms with Crippen LogP contribution >= 0.6 is 0 Å². The number of pyridine rings is 1. The minimum atomic E-state index is -0.287. The van der Waals surface area contributed by atoms with E-state index in [1.807, 2.05) is 61.5 Å². The summed E-state index contributed by atoms with van der Waals surface area (Å²) in [7, 11) is 0. The van der Waals surface area contributed by atoms with Gasteiger partial charge in [0.2, 0.25) is 5.91 Å². The number of carbonyl (C=O) groups is 1. The minimum absolute atomic E-state index is 0.0628. The van der Waals surface area contributed by atoms with Crippen LogP contribution in [0.15, 0.2) is 77.7 Å². The van der Waals surface area contributed by atoms with E-state index in [1.54, 1.807) is 18.3 Å².